The van der Waals surface area contributed by atoms with Gasteiger partial charge in [0, 0.05) is 67.8 Å². The Balaban J connectivity index is 1.02. The summed E-state index contributed by atoms with van der Waals surface area (Å²) in [6, 6.07) is 28.1. The van der Waals surface area contributed by atoms with Gasteiger partial charge >= 0.3 is 11.6 Å². The lowest BCUT2D eigenvalue weighted by atomic mass is 10.1. The van der Waals surface area contributed by atoms with E-state index >= 15 is 0 Å². The predicted octanol–water partition coefficient (Wildman–Crippen LogP) is 7.50. The van der Waals surface area contributed by atoms with E-state index in [0.717, 1.165) is 30.5 Å². The number of nitrogens with zero attached hydrogens (tertiary/aromatic N) is 4. The zero-order valence-electron chi connectivity index (χ0n) is 33.3. The van der Waals surface area contributed by atoms with Crippen LogP contribution in [0.1, 0.15) is 40.1 Å². The molecule has 0 fully saturated rings. The summed E-state index contributed by atoms with van der Waals surface area (Å²) < 4.78 is 16.2. The van der Waals surface area contributed by atoms with Crippen molar-refractivity contribution in [2.24, 2.45) is 10.2 Å². The summed E-state index contributed by atoms with van der Waals surface area (Å²) in [5, 5.41) is 14.6. The van der Waals surface area contributed by atoms with Crippen molar-refractivity contribution in [2.75, 3.05) is 68.7 Å². The Morgan fingerprint density at radius 3 is 2.08 bits per heavy atom. The van der Waals surface area contributed by atoms with Crippen LogP contribution in [0.2, 0.25) is 0 Å². The van der Waals surface area contributed by atoms with Gasteiger partial charge in [0.15, 0.2) is 0 Å². The van der Waals surface area contributed by atoms with Crippen molar-refractivity contribution in [3.63, 3.8) is 0 Å². The second-order valence-corrected chi connectivity index (χ2v) is 13.2. The van der Waals surface area contributed by atoms with Gasteiger partial charge in [-0.2, -0.15) is 10.2 Å². The number of hydrogen-bond donors (Lipinski definition) is 2. The lowest BCUT2D eigenvalue weighted by molar-refractivity contribution is -0.140. The van der Waals surface area contributed by atoms with Crippen LogP contribution in [0.15, 0.2) is 134 Å². The highest BCUT2D eigenvalue weighted by atomic mass is 16.6. The largest absolute Gasteiger partial charge is 0.460 e. The fraction of sp³-hybridized carbons (Fsp3) is 0.222. The van der Waals surface area contributed by atoms with E-state index in [-0.39, 0.29) is 43.4 Å². The second-order valence-electron chi connectivity index (χ2n) is 13.2. The van der Waals surface area contributed by atoms with Crippen molar-refractivity contribution in [1.29, 1.82) is 0 Å². The lowest BCUT2D eigenvalue weighted by Crippen LogP contribution is -2.27. The van der Waals surface area contributed by atoms with E-state index in [2.05, 4.69) is 25.8 Å². The topological polar surface area (TPSA) is 172 Å². The van der Waals surface area contributed by atoms with Crippen LogP contribution in [0.3, 0.4) is 0 Å². The maximum atomic E-state index is 13.0. The molecule has 4 aromatic carbocycles. The first-order valence-corrected chi connectivity index (χ1v) is 19.0. The second kappa shape index (κ2) is 21.4. The van der Waals surface area contributed by atoms with Gasteiger partial charge in [-0.25, -0.2) is 9.59 Å². The molecule has 0 aliphatic heterocycles. The third kappa shape index (κ3) is 12.4. The normalized spacial score (nSPS) is 11.5. The number of carbonyl (C=O) groups is 4. The quantitative estimate of drug-likeness (QED) is 0.0162. The fourth-order valence-electron chi connectivity index (χ4n) is 5.70. The Labute approximate surface area is 341 Å². The van der Waals surface area contributed by atoms with Crippen LogP contribution in [0.25, 0.3) is 17.0 Å². The van der Waals surface area contributed by atoms with E-state index in [1.54, 1.807) is 60.7 Å². The number of hydrogen-bond acceptors (Lipinski definition) is 12. The molecule has 0 unspecified atom stereocenters. The minimum absolute atomic E-state index is 0.0167. The summed E-state index contributed by atoms with van der Waals surface area (Å²) in [6.45, 7) is 6.10. The van der Waals surface area contributed by atoms with E-state index < -0.39 is 17.5 Å². The minimum Gasteiger partial charge on any atom is -0.460 e. The molecule has 59 heavy (non-hydrogen) atoms. The van der Waals surface area contributed by atoms with E-state index in [9.17, 15) is 24.0 Å². The number of anilines is 3. The third-order valence-corrected chi connectivity index (χ3v) is 8.97. The van der Waals surface area contributed by atoms with Crippen molar-refractivity contribution in [3.05, 3.63) is 142 Å². The van der Waals surface area contributed by atoms with Gasteiger partial charge in [0.05, 0.1) is 30.2 Å². The Hall–Kier alpha value is -7.19. The summed E-state index contributed by atoms with van der Waals surface area (Å²) >= 11 is 0. The van der Waals surface area contributed by atoms with Gasteiger partial charge in [-0.3, -0.25) is 14.4 Å². The molecule has 0 bridgehead atoms. The average Bonchev–Trinajstić information content (AvgIpc) is 3.24. The standard InChI is InChI=1S/C45H46N6O8/c1-5-51(6-2)39-20-13-34-29-40(45(56)59-41(34)30-39)43(54)47-35-14-8-31(9-15-35)7-10-33(23-25-52)44(55)58-28-27-57-26-24-46-42(53)32-11-16-36(17-12-32)48-49-37-18-21-38(22-19-37)50(3)4/h7-23,25,29-30H,5-6,24,26-28H2,1-4H3,(H,46,53)(H,47,54)/b10-7+,33-23-,49-48?. The number of azo groups is 1. The highest BCUT2D eigenvalue weighted by molar-refractivity contribution is 6.05. The van der Waals surface area contributed by atoms with Crippen molar-refractivity contribution in [2.45, 2.75) is 13.8 Å². The number of esters is 1. The molecule has 1 aromatic heterocycles. The summed E-state index contributed by atoms with van der Waals surface area (Å²) in [7, 11) is 3.93. The molecular weight excluding hydrogens is 753 g/mol. The molecule has 0 spiro atoms. The molecule has 0 aliphatic rings. The molecule has 0 saturated heterocycles. The van der Waals surface area contributed by atoms with Gasteiger partial charge in [-0.05, 0) is 110 Å². The molecular formula is C45H46N6O8. The van der Waals surface area contributed by atoms with Crippen molar-refractivity contribution in [3.8, 4) is 0 Å². The maximum Gasteiger partial charge on any atom is 0.349 e. The predicted molar refractivity (Wildman–Crippen MR) is 229 cm³/mol. The highest BCUT2D eigenvalue weighted by Gasteiger charge is 2.15. The van der Waals surface area contributed by atoms with Crippen LogP contribution in [-0.2, 0) is 19.1 Å². The lowest BCUT2D eigenvalue weighted by Gasteiger charge is -2.21. The molecule has 0 radical (unpaired) electrons. The van der Waals surface area contributed by atoms with Crippen molar-refractivity contribution < 1.29 is 33.1 Å². The van der Waals surface area contributed by atoms with Crippen LogP contribution < -0.4 is 26.1 Å². The van der Waals surface area contributed by atoms with Gasteiger partial charge in [0.25, 0.3) is 11.8 Å². The summed E-state index contributed by atoms with van der Waals surface area (Å²) in [5.41, 5.74) is 4.40. The Kier molecular flexibility index (Phi) is 15.6. The van der Waals surface area contributed by atoms with Crippen molar-refractivity contribution in [1.82, 2.24) is 5.32 Å². The zero-order valence-corrected chi connectivity index (χ0v) is 33.3. The fourth-order valence-corrected chi connectivity index (χ4v) is 5.70. The first kappa shape index (κ1) is 42.9. The zero-order chi connectivity index (χ0) is 42.1. The molecule has 14 heteroatoms. The number of allylic oxidation sites excluding steroid dienone is 1. The van der Waals surface area contributed by atoms with Gasteiger partial charge in [0.1, 0.15) is 24.0 Å². The van der Waals surface area contributed by atoms with Gasteiger partial charge in [0.2, 0.25) is 0 Å². The number of fused-ring (bicyclic) bond motifs is 1. The van der Waals surface area contributed by atoms with Gasteiger partial charge < -0.3 is 34.3 Å². The molecule has 304 valence electrons. The molecule has 2 amide bonds. The summed E-state index contributed by atoms with van der Waals surface area (Å²) in [4.78, 5) is 66.2. The maximum absolute atomic E-state index is 13.0. The molecule has 5 rings (SSSR count). The first-order chi connectivity index (χ1) is 28.6. The van der Waals surface area contributed by atoms with Crippen LogP contribution in [0.5, 0.6) is 0 Å². The van der Waals surface area contributed by atoms with Crippen LogP contribution in [-0.4, -0.2) is 77.6 Å². The van der Waals surface area contributed by atoms with E-state index in [0.29, 0.717) is 45.4 Å². The van der Waals surface area contributed by atoms with Crippen molar-refractivity contribution >= 4 is 69.6 Å². The summed E-state index contributed by atoms with van der Waals surface area (Å²) in [6.07, 6.45) is 4.61. The monoisotopic (exact) mass is 798 g/mol. The molecule has 0 aliphatic carbocycles. The smallest absolute Gasteiger partial charge is 0.349 e. The number of benzene rings is 4. The number of rotatable bonds is 19. The first-order valence-electron chi connectivity index (χ1n) is 19.0. The van der Waals surface area contributed by atoms with Crippen LogP contribution in [0, 0.1) is 0 Å². The van der Waals surface area contributed by atoms with Crippen LogP contribution in [0.4, 0.5) is 28.4 Å². The third-order valence-electron chi connectivity index (χ3n) is 8.97. The molecule has 0 saturated carbocycles. The summed E-state index contributed by atoms with van der Waals surface area (Å²) in [5.74, 6) is -1.62. The van der Waals surface area contributed by atoms with Gasteiger partial charge in [-0.15, -0.1) is 0 Å². The minimum atomic E-state index is -0.745. The Morgan fingerprint density at radius 2 is 1.44 bits per heavy atom. The highest BCUT2D eigenvalue weighted by Crippen LogP contribution is 2.24. The number of amides is 2. The van der Waals surface area contributed by atoms with Crippen LogP contribution >= 0.6 is 0 Å². The number of ether oxygens (including phenoxy) is 2. The number of aldehydes is 1. The average molecular weight is 799 g/mol. The number of carbonyl (C=O) groups excluding carboxylic acids is 4. The SMILES string of the molecule is CCN(CC)c1ccc2cc(C(=O)Nc3ccc(/C=C/C(=C/C=O)C(=O)OCCOCCNC(=O)c4ccc(N=Nc5ccc(N(C)C)cc5)cc4)cc3)c(=O)oc2c1. The molecule has 0 atom stereocenters. The Morgan fingerprint density at radius 1 is 0.780 bits per heavy atom. The van der Waals surface area contributed by atoms with E-state index in [1.165, 1.54) is 12.1 Å². The molecule has 5 aromatic rings. The van der Waals surface area contributed by atoms with Gasteiger partial charge in [-0.1, -0.05) is 18.2 Å². The molecule has 14 nitrogen and oxygen atoms in total. The molecule has 2 N–H and O–H groups in total. The van der Waals surface area contributed by atoms with E-state index in [1.807, 2.05) is 69.2 Å². The Bertz CT molecular complexity index is 2380. The molecule has 1 heterocycles. The number of nitrogens with one attached hydrogen (secondary N) is 2. The van der Waals surface area contributed by atoms with E-state index in [4.69, 9.17) is 13.9 Å².